The van der Waals surface area contributed by atoms with Crippen molar-refractivity contribution in [2.75, 3.05) is 32.9 Å². The highest BCUT2D eigenvalue weighted by atomic mass is 32.2. The average Bonchev–Trinajstić information content (AvgIpc) is 2.83. The highest BCUT2D eigenvalue weighted by Crippen LogP contribution is 2.27. The predicted molar refractivity (Wildman–Crippen MR) is 121 cm³/mol. The van der Waals surface area contributed by atoms with Crippen LogP contribution in [0.5, 0.6) is 11.5 Å². The molecule has 0 atom stereocenters. The standard InChI is InChI=1S/C23H28N2O7S/c1-2-32-22-15-18(5-8-21(22)27)20(26)9-10-23(28)24-16-17-3-6-19(7-4-17)33(29,30)25-11-13-31-14-12-25/h3-8,15,27H,2,9-14,16H2,1H3,(H,24,28). The molecule has 1 aliphatic heterocycles. The van der Waals surface area contributed by atoms with Crippen LogP contribution in [0, 0.1) is 0 Å². The fourth-order valence-corrected chi connectivity index (χ4v) is 4.74. The fraction of sp³-hybridized carbons (Fsp3) is 0.391. The van der Waals surface area contributed by atoms with Gasteiger partial charge in [0, 0.05) is 38.0 Å². The van der Waals surface area contributed by atoms with Crippen molar-refractivity contribution in [1.82, 2.24) is 9.62 Å². The molecule has 0 unspecified atom stereocenters. The van der Waals surface area contributed by atoms with E-state index in [-0.39, 0.29) is 47.5 Å². The number of nitrogens with one attached hydrogen (secondary N) is 1. The molecule has 1 fully saturated rings. The summed E-state index contributed by atoms with van der Waals surface area (Å²) in [5, 5.41) is 12.5. The maximum absolute atomic E-state index is 12.7. The minimum atomic E-state index is -3.56. The number of rotatable bonds is 10. The molecule has 0 saturated carbocycles. The van der Waals surface area contributed by atoms with Gasteiger partial charge in [0.1, 0.15) is 0 Å². The van der Waals surface area contributed by atoms with Crippen molar-refractivity contribution in [1.29, 1.82) is 0 Å². The summed E-state index contributed by atoms with van der Waals surface area (Å²) in [6.45, 7) is 3.77. The van der Waals surface area contributed by atoms with Crippen LogP contribution >= 0.6 is 0 Å². The van der Waals surface area contributed by atoms with Crippen molar-refractivity contribution in [3.05, 3.63) is 53.6 Å². The number of nitrogens with zero attached hydrogens (tertiary/aromatic N) is 1. The van der Waals surface area contributed by atoms with Gasteiger partial charge in [0.25, 0.3) is 0 Å². The number of amides is 1. The Labute approximate surface area is 193 Å². The number of phenols is 1. The molecule has 0 aromatic heterocycles. The number of hydrogen-bond acceptors (Lipinski definition) is 7. The van der Waals surface area contributed by atoms with Gasteiger partial charge in [-0.15, -0.1) is 0 Å². The van der Waals surface area contributed by atoms with Gasteiger partial charge in [-0.1, -0.05) is 12.1 Å². The monoisotopic (exact) mass is 476 g/mol. The van der Waals surface area contributed by atoms with Crippen LogP contribution in [0.4, 0.5) is 0 Å². The number of Topliss-reactive ketones (excluding diaryl/α,β-unsaturated/α-hetero) is 1. The van der Waals surface area contributed by atoms with Gasteiger partial charge in [0.2, 0.25) is 15.9 Å². The molecule has 1 amide bonds. The second-order valence-corrected chi connectivity index (χ2v) is 9.41. The van der Waals surface area contributed by atoms with E-state index in [4.69, 9.17) is 9.47 Å². The summed E-state index contributed by atoms with van der Waals surface area (Å²) >= 11 is 0. The Morgan fingerprint density at radius 3 is 2.45 bits per heavy atom. The Morgan fingerprint density at radius 2 is 1.79 bits per heavy atom. The van der Waals surface area contributed by atoms with Crippen LogP contribution in [0.15, 0.2) is 47.4 Å². The Bertz CT molecular complexity index is 1080. The second kappa shape index (κ2) is 11.3. The summed E-state index contributed by atoms with van der Waals surface area (Å²) in [6.07, 6.45) is 0.0199. The zero-order chi connectivity index (χ0) is 23.8. The number of carbonyl (C=O) groups is 2. The topological polar surface area (TPSA) is 122 Å². The molecule has 1 heterocycles. The van der Waals surface area contributed by atoms with Crippen LogP contribution in [0.1, 0.15) is 35.7 Å². The predicted octanol–water partition coefficient (Wildman–Crippen LogP) is 2.09. The summed E-state index contributed by atoms with van der Waals surface area (Å²) < 4.78 is 37.2. The smallest absolute Gasteiger partial charge is 0.243 e. The Balaban J connectivity index is 1.49. The van der Waals surface area contributed by atoms with Crippen LogP contribution in [0.2, 0.25) is 0 Å². The number of morpholine rings is 1. The first-order valence-electron chi connectivity index (χ1n) is 10.7. The lowest BCUT2D eigenvalue weighted by Gasteiger charge is -2.26. The van der Waals surface area contributed by atoms with Crippen molar-refractivity contribution >= 4 is 21.7 Å². The van der Waals surface area contributed by atoms with Crippen molar-refractivity contribution in [2.24, 2.45) is 0 Å². The minimum absolute atomic E-state index is 0.00711. The first-order valence-corrected chi connectivity index (χ1v) is 12.2. The van der Waals surface area contributed by atoms with Crippen molar-refractivity contribution in [2.45, 2.75) is 31.2 Å². The number of benzene rings is 2. The Kier molecular flexibility index (Phi) is 8.43. The van der Waals surface area contributed by atoms with Crippen LogP contribution in [0.25, 0.3) is 0 Å². The molecule has 0 radical (unpaired) electrons. The average molecular weight is 477 g/mol. The third kappa shape index (κ3) is 6.53. The van der Waals surface area contributed by atoms with E-state index >= 15 is 0 Å². The fourth-order valence-electron chi connectivity index (χ4n) is 3.33. The van der Waals surface area contributed by atoms with Crippen molar-refractivity contribution < 1.29 is 32.6 Å². The normalized spacial score (nSPS) is 14.6. The summed E-state index contributed by atoms with van der Waals surface area (Å²) in [5.41, 5.74) is 1.11. The number of phenolic OH excluding ortho intramolecular Hbond substituents is 1. The Hall–Kier alpha value is -2.95. The molecule has 0 spiro atoms. The van der Waals surface area contributed by atoms with E-state index in [0.717, 1.165) is 5.56 Å². The van der Waals surface area contributed by atoms with E-state index in [9.17, 15) is 23.1 Å². The molecule has 3 rings (SSSR count). The quantitative estimate of drug-likeness (QED) is 0.504. The Morgan fingerprint density at radius 1 is 1.09 bits per heavy atom. The lowest BCUT2D eigenvalue weighted by Crippen LogP contribution is -2.40. The van der Waals surface area contributed by atoms with Crippen LogP contribution < -0.4 is 10.1 Å². The van der Waals surface area contributed by atoms with E-state index in [2.05, 4.69) is 5.32 Å². The van der Waals surface area contributed by atoms with Gasteiger partial charge in [-0.2, -0.15) is 4.31 Å². The van der Waals surface area contributed by atoms with Gasteiger partial charge in [0.05, 0.1) is 24.7 Å². The molecule has 2 aromatic rings. The summed E-state index contributed by atoms with van der Waals surface area (Å²) in [4.78, 5) is 24.7. The number of carbonyl (C=O) groups excluding carboxylic acids is 2. The largest absolute Gasteiger partial charge is 0.504 e. The second-order valence-electron chi connectivity index (χ2n) is 7.48. The van der Waals surface area contributed by atoms with Crippen LogP contribution in [0.3, 0.4) is 0 Å². The zero-order valence-electron chi connectivity index (χ0n) is 18.5. The van der Waals surface area contributed by atoms with E-state index in [0.29, 0.717) is 38.5 Å². The number of ketones is 1. The first kappa shape index (κ1) is 24.7. The van der Waals surface area contributed by atoms with Gasteiger partial charge in [0.15, 0.2) is 17.3 Å². The maximum Gasteiger partial charge on any atom is 0.243 e. The van der Waals surface area contributed by atoms with Gasteiger partial charge in [-0.25, -0.2) is 8.42 Å². The number of ether oxygens (including phenoxy) is 2. The molecule has 0 aliphatic carbocycles. The van der Waals surface area contributed by atoms with Gasteiger partial charge in [-0.3, -0.25) is 9.59 Å². The molecular weight excluding hydrogens is 448 g/mol. The van der Waals surface area contributed by atoms with Gasteiger partial charge in [-0.05, 0) is 42.8 Å². The summed E-state index contributed by atoms with van der Waals surface area (Å²) in [7, 11) is -3.56. The third-order valence-electron chi connectivity index (χ3n) is 5.18. The highest BCUT2D eigenvalue weighted by molar-refractivity contribution is 7.89. The van der Waals surface area contributed by atoms with Crippen LogP contribution in [-0.2, 0) is 26.1 Å². The van der Waals surface area contributed by atoms with E-state index < -0.39 is 10.0 Å². The molecule has 1 aliphatic rings. The van der Waals surface area contributed by atoms with E-state index in [1.54, 1.807) is 19.1 Å². The third-order valence-corrected chi connectivity index (χ3v) is 7.09. The molecule has 10 heteroatoms. The summed E-state index contributed by atoms with van der Waals surface area (Å²) in [6, 6.07) is 10.7. The minimum Gasteiger partial charge on any atom is -0.504 e. The van der Waals surface area contributed by atoms with E-state index in [1.807, 2.05) is 0 Å². The number of hydrogen-bond donors (Lipinski definition) is 2. The number of aromatic hydroxyl groups is 1. The molecule has 178 valence electrons. The summed E-state index contributed by atoms with van der Waals surface area (Å²) in [5.74, 6) is -0.345. The molecule has 2 N–H and O–H groups in total. The highest BCUT2D eigenvalue weighted by Gasteiger charge is 2.26. The van der Waals surface area contributed by atoms with Crippen LogP contribution in [-0.4, -0.2) is 62.4 Å². The number of sulfonamides is 1. The maximum atomic E-state index is 12.7. The first-order chi connectivity index (χ1) is 15.8. The molecule has 2 aromatic carbocycles. The molecule has 0 bridgehead atoms. The van der Waals surface area contributed by atoms with Gasteiger partial charge < -0.3 is 19.9 Å². The molecule has 33 heavy (non-hydrogen) atoms. The molecular formula is C23H28N2O7S. The lowest BCUT2D eigenvalue weighted by atomic mass is 10.1. The van der Waals surface area contributed by atoms with Crippen molar-refractivity contribution in [3.63, 3.8) is 0 Å². The van der Waals surface area contributed by atoms with E-state index in [1.165, 1.54) is 34.6 Å². The van der Waals surface area contributed by atoms with Gasteiger partial charge >= 0.3 is 0 Å². The SMILES string of the molecule is CCOc1cc(C(=O)CCC(=O)NCc2ccc(S(=O)(=O)N3CCOCC3)cc2)ccc1O. The van der Waals surface area contributed by atoms with Crippen molar-refractivity contribution in [3.8, 4) is 11.5 Å². The molecule has 1 saturated heterocycles. The zero-order valence-corrected chi connectivity index (χ0v) is 19.3. The lowest BCUT2D eigenvalue weighted by molar-refractivity contribution is -0.121. The molecule has 9 nitrogen and oxygen atoms in total.